The van der Waals surface area contributed by atoms with Gasteiger partial charge in [-0.15, -0.1) is 0 Å². The Hall–Kier alpha value is -2.04. The molecule has 1 aromatic carbocycles. The zero-order valence-electron chi connectivity index (χ0n) is 9.51. The van der Waals surface area contributed by atoms with E-state index in [1.807, 2.05) is 0 Å². The summed E-state index contributed by atoms with van der Waals surface area (Å²) < 4.78 is 10.0. The Bertz CT molecular complexity index is 382. The Morgan fingerprint density at radius 2 is 1.88 bits per heavy atom. The number of hydrogen-bond acceptors (Lipinski definition) is 4. The van der Waals surface area contributed by atoms with Crippen molar-refractivity contribution in [3.63, 3.8) is 0 Å². The first-order chi connectivity index (χ1) is 8.13. The predicted molar refractivity (Wildman–Crippen MR) is 60.1 cm³/mol. The fourth-order valence-electron chi connectivity index (χ4n) is 1.16. The molecule has 0 saturated carbocycles. The first-order valence-corrected chi connectivity index (χ1v) is 5.25. The number of rotatable bonds is 6. The molecule has 0 aliphatic heterocycles. The van der Waals surface area contributed by atoms with Gasteiger partial charge in [0.15, 0.2) is 0 Å². The minimum atomic E-state index is -0.909. The third-order valence-electron chi connectivity index (χ3n) is 1.95. The Morgan fingerprint density at radius 1 is 1.24 bits per heavy atom. The summed E-state index contributed by atoms with van der Waals surface area (Å²) in [6.45, 7) is 2.17. The van der Waals surface area contributed by atoms with Crippen molar-refractivity contribution in [3.8, 4) is 5.75 Å². The van der Waals surface area contributed by atoms with Gasteiger partial charge in [0.2, 0.25) is 0 Å². The molecule has 5 nitrogen and oxygen atoms in total. The molecule has 0 amide bonds. The van der Waals surface area contributed by atoms with Gasteiger partial charge in [-0.3, -0.25) is 4.79 Å². The van der Waals surface area contributed by atoms with E-state index in [-0.39, 0.29) is 19.0 Å². The van der Waals surface area contributed by atoms with Gasteiger partial charge in [-0.1, -0.05) is 0 Å². The first-order valence-electron chi connectivity index (χ1n) is 5.25. The van der Waals surface area contributed by atoms with Gasteiger partial charge in [-0.25, -0.2) is 4.79 Å². The summed E-state index contributed by atoms with van der Waals surface area (Å²) in [4.78, 5) is 21.6. The van der Waals surface area contributed by atoms with E-state index < -0.39 is 5.97 Å². The lowest BCUT2D eigenvalue weighted by molar-refractivity contribution is -0.137. The van der Waals surface area contributed by atoms with Crippen LogP contribution in [0.1, 0.15) is 23.7 Å². The maximum absolute atomic E-state index is 11.3. The van der Waals surface area contributed by atoms with Crippen molar-refractivity contribution in [1.29, 1.82) is 0 Å². The first kappa shape index (κ1) is 13.0. The molecule has 0 saturated heterocycles. The molecule has 1 rings (SSSR count). The maximum atomic E-state index is 11.3. The third kappa shape index (κ3) is 4.55. The number of esters is 1. The summed E-state index contributed by atoms with van der Waals surface area (Å²) in [7, 11) is 0. The molecule has 0 spiro atoms. The lowest BCUT2D eigenvalue weighted by Gasteiger charge is -2.05. The van der Waals surface area contributed by atoms with Gasteiger partial charge in [-0.2, -0.15) is 0 Å². The molecule has 1 N–H and O–H groups in total. The predicted octanol–water partition coefficient (Wildman–Crippen LogP) is 1.72. The van der Waals surface area contributed by atoms with Crippen molar-refractivity contribution in [2.45, 2.75) is 13.3 Å². The average molecular weight is 238 g/mol. The Labute approximate surface area is 99.0 Å². The minimum Gasteiger partial charge on any atom is -0.493 e. The van der Waals surface area contributed by atoms with Gasteiger partial charge in [0, 0.05) is 0 Å². The summed E-state index contributed by atoms with van der Waals surface area (Å²) >= 11 is 0. The number of benzene rings is 1. The van der Waals surface area contributed by atoms with Gasteiger partial charge in [0.25, 0.3) is 0 Å². The van der Waals surface area contributed by atoms with Crippen LogP contribution in [0.25, 0.3) is 0 Å². The molecular weight excluding hydrogens is 224 g/mol. The van der Waals surface area contributed by atoms with Crippen molar-refractivity contribution in [2.75, 3.05) is 13.2 Å². The largest absolute Gasteiger partial charge is 0.493 e. The van der Waals surface area contributed by atoms with Crippen LogP contribution in [-0.2, 0) is 9.53 Å². The summed E-state index contributed by atoms with van der Waals surface area (Å²) in [6, 6.07) is 6.37. The van der Waals surface area contributed by atoms with E-state index in [0.29, 0.717) is 17.9 Å². The summed E-state index contributed by atoms with van der Waals surface area (Å²) in [6.07, 6.45) is -0.0559. The van der Waals surface area contributed by atoms with Crippen molar-refractivity contribution >= 4 is 11.9 Å². The van der Waals surface area contributed by atoms with E-state index in [2.05, 4.69) is 0 Å². The number of hydrogen-bond donors (Lipinski definition) is 1. The third-order valence-corrected chi connectivity index (χ3v) is 1.95. The van der Waals surface area contributed by atoms with E-state index in [4.69, 9.17) is 14.6 Å². The maximum Gasteiger partial charge on any atom is 0.338 e. The lowest BCUT2D eigenvalue weighted by atomic mass is 10.2. The highest BCUT2D eigenvalue weighted by molar-refractivity contribution is 5.89. The number of carbonyl (C=O) groups is 2. The SMILES string of the molecule is CCOC(=O)c1ccc(OCCC(=O)O)cc1. The van der Waals surface area contributed by atoms with Gasteiger partial charge in [-0.05, 0) is 31.2 Å². The molecular formula is C12H14O5. The van der Waals surface area contributed by atoms with Crippen LogP contribution in [0.4, 0.5) is 0 Å². The highest BCUT2D eigenvalue weighted by atomic mass is 16.5. The van der Waals surface area contributed by atoms with E-state index in [9.17, 15) is 9.59 Å². The fraction of sp³-hybridized carbons (Fsp3) is 0.333. The second kappa shape index (κ2) is 6.52. The lowest BCUT2D eigenvalue weighted by Crippen LogP contribution is -2.06. The Morgan fingerprint density at radius 3 is 2.41 bits per heavy atom. The number of aliphatic carboxylic acids is 1. The topological polar surface area (TPSA) is 72.8 Å². The summed E-state index contributed by atoms with van der Waals surface area (Å²) in [5, 5.41) is 8.43. The van der Waals surface area contributed by atoms with Gasteiger partial charge in [0.05, 0.1) is 25.2 Å². The van der Waals surface area contributed by atoms with Crippen LogP contribution >= 0.6 is 0 Å². The zero-order chi connectivity index (χ0) is 12.7. The highest BCUT2D eigenvalue weighted by Crippen LogP contribution is 2.13. The highest BCUT2D eigenvalue weighted by Gasteiger charge is 2.06. The van der Waals surface area contributed by atoms with Crippen LogP contribution in [0.2, 0.25) is 0 Å². The second-order valence-corrected chi connectivity index (χ2v) is 3.24. The molecule has 0 aliphatic carbocycles. The van der Waals surface area contributed by atoms with Gasteiger partial charge < -0.3 is 14.6 Å². The molecule has 92 valence electrons. The van der Waals surface area contributed by atoms with E-state index in [1.165, 1.54) is 0 Å². The van der Waals surface area contributed by atoms with Gasteiger partial charge in [0.1, 0.15) is 5.75 Å². The molecule has 17 heavy (non-hydrogen) atoms. The van der Waals surface area contributed by atoms with Gasteiger partial charge >= 0.3 is 11.9 Å². The number of ether oxygens (including phenoxy) is 2. The van der Waals surface area contributed by atoms with Crippen LogP contribution in [0.5, 0.6) is 5.75 Å². The zero-order valence-corrected chi connectivity index (χ0v) is 9.51. The number of carboxylic acids is 1. The van der Waals surface area contributed by atoms with Crippen LogP contribution in [0.15, 0.2) is 24.3 Å². The van der Waals surface area contributed by atoms with Crippen LogP contribution in [-0.4, -0.2) is 30.3 Å². The molecule has 0 bridgehead atoms. The Balaban J connectivity index is 2.50. The fourth-order valence-corrected chi connectivity index (χ4v) is 1.16. The number of carbonyl (C=O) groups excluding carboxylic acids is 1. The molecule has 0 atom stereocenters. The normalized spacial score (nSPS) is 9.71. The van der Waals surface area contributed by atoms with Crippen LogP contribution in [0.3, 0.4) is 0 Å². The molecule has 0 aromatic heterocycles. The van der Waals surface area contributed by atoms with Crippen LogP contribution < -0.4 is 4.74 Å². The molecule has 0 unspecified atom stereocenters. The van der Waals surface area contributed by atoms with E-state index >= 15 is 0 Å². The van der Waals surface area contributed by atoms with Crippen molar-refractivity contribution in [1.82, 2.24) is 0 Å². The Kier molecular flexibility index (Phi) is 5.00. The summed E-state index contributed by atoms with van der Waals surface area (Å²) in [5.74, 6) is -0.767. The second-order valence-electron chi connectivity index (χ2n) is 3.24. The van der Waals surface area contributed by atoms with Crippen molar-refractivity contribution < 1.29 is 24.2 Å². The average Bonchev–Trinajstić information content (AvgIpc) is 2.30. The quantitative estimate of drug-likeness (QED) is 0.764. The minimum absolute atomic E-state index is 0.0559. The molecule has 0 radical (unpaired) electrons. The molecule has 0 heterocycles. The molecule has 5 heteroatoms. The molecule has 0 fully saturated rings. The van der Waals surface area contributed by atoms with E-state index in [1.54, 1.807) is 31.2 Å². The van der Waals surface area contributed by atoms with Crippen molar-refractivity contribution in [3.05, 3.63) is 29.8 Å². The van der Waals surface area contributed by atoms with Crippen molar-refractivity contribution in [2.24, 2.45) is 0 Å². The monoisotopic (exact) mass is 238 g/mol. The smallest absolute Gasteiger partial charge is 0.338 e. The molecule has 0 aliphatic rings. The molecule has 1 aromatic rings. The summed E-state index contributed by atoms with van der Waals surface area (Å²) in [5.41, 5.74) is 0.442. The standard InChI is InChI=1S/C12H14O5/c1-2-16-12(15)9-3-5-10(6-4-9)17-8-7-11(13)14/h3-6H,2,7-8H2,1H3,(H,13,14). The van der Waals surface area contributed by atoms with Crippen LogP contribution in [0, 0.1) is 0 Å². The number of carboxylic acid groups (broad SMARTS) is 1. The van der Waals surface area contributed by atoms with E-state index in [0.717, 1.165) is 0 Å².